The van der Waals surface area contributed by atoms with Gasteiger partial charge in [0.15, 0.2) is 5.78 Å². The second-order valence-corrected chi connectivity index (χ2v) is 9.45. The van der Waals surface area contributed by atoms with Crippen molar-refractivity contribution in [2.45, 2.75) is 24.5 Å². The van der Waals surface area contributed by atoms with Gasteiger partial charge in [-0.05, 0) is 40.8 Å². The van der Waals surface area contributed by atoms with Crippen LogP contribution in [0.5, 0.6) is 0 Å². The zero-order valence-corrected chi connectivity index (χ0v) is 19.5. The Bertz CT molecular complexity index is 1410. The van der Waals surface area contributed by atoms with Crippen molar-refractivity contribution in [2.75, 3.05) is 0 Å². The highest BCUT2D eigenvalue weighted by Crippen LogP contribution is 2.49. The second kappa shape index (κ2) is 9.03. The van der Waals surface area contributed by atoms with Crippen molar-refractivity contribution >= 4 is 34.1 Å². The van der Waals surface area contributed by atoms with Crippen LogP contribution in [-0.4, -0.2) is 38.7 Å². The molecule has 3 atom stereocenters. The van der Waals surface area contributed by atoms with E-state index in [1.807, 2.05) is 0 Å². The van der Waals surface area contributed by atoms with Crippen molar-refractivity contribution < 1.29 is 27.9 Å². The van der Waals surface area contributed by atoms with E-state index >= 15 is 0 Å². The number of rotatable bonds is 5. The minimum absolute atomic E-state index is 0.0472. The molecule has 1 saturated heterocycles. The van der Waals surface area contributed by atoms with Crippen LogP contribution in [0.15, 0.2) is 84.4 Å². The molecule has 4 aromatic rings. The third-order valence-electron chi connectivity index (χ3n) is 6.34. The number of halogens is 3. The molecule has 6 nitrogen and oxygen atoms in total. The number of alkyl halides is 3. The Morgan fingerprint density at radius 2 is 1.86 bits per heavy atom. The number of aromatic nitrogens is 1. The monoisotopic (exact) mass is 511 g/mol. The van der Waals surface area contributed by atoms with Gasteiger partial charge in [0.05, 0.1) is 23.0 Å². The molecule has 0 aliphatic carbocycles. The van der Waals surface area contributed by atoms with Gasteiger partial charge in [-0.3, -0.25) is 14.7 Å². The normalized spacial score (nSPS) is 22.4. The van der Waals surface area contributed by atoms with Crippen LogP contribution in [0.25, 0.3) is 10.9 Å². The fourth-order valence-corrected chi connectivity index (χ4v) is 5.31. The van der Waals surface area contributed by atoms with Crippen molar-refractivity contribution in [3.05, 3.63) is 100 Å². The molecular formula is C26H20F3N3O3S. The summed E-state index contributed by atoms with van der Waals surface area (Å²) < 4.78 is 44.4. The topological polar surface area (TPSA) is 82.5 Å². The summed E-state index contributed by atoms with van der Waals surface area (Å²) in [6.45, 7) is -0.550. The molecule has 1 aliphatic heterocycles. The molecule has 10 heteroatoms. The van der Waals surface area contributed by atoms with E-state index in [2.05, 4.69) is 10.3 Å². The van der Waals surface area contributed by atoms with E-state index in [1.54, 1.807) is 72.2 Å². The molecule has 0 spiro atoms. The summed E-state index contributed by atoms with van der Waals surface area (Å²) in [6, 6.07) is 16.5. The summed E-state index contributed by atoms with van der Waals surface area (Å²) in [7, 11) is 0. The fourth-order valence-electron chi connectivity index (χ4n) is 4.61. The highest BCUT2D eigenvalue weighted by Gasteiger charge is 2.70. The predicted molar refractivity (Wildman–Crippen MR) is 128 cm³/mol. The summed E-state index contributed by atoms with van der Waals surface area (Å²) in [6.07, 6.45) is -3.76. The predicted octanol–water partition coefficient (Wildman–Crippen LogP) is 5.31. The van der Waals surface area contributed by atoms with Gasteiger partial charge in [0.2, 0.25) is 0 Å². The Kier molecular flexibility index (Phi) is 6.01. The molecule has 2 N–H and O–H groups in total. The smallest absolute Gasteiger partial charge is 0.363 e. The number of pyridine rings is 1. The maximum atomic E-state index is 14.8. The van der Waals surface area contributed by atoms with E-state index in [9.17, 15) is 27.9 Å². The molecule has 3 heterocycles. The third kappa shape index (κ3) is 4.02. The molecule has 0 saturated carbocycles. The van der Waals surface area contributed by atoms with E-state index in [4.69, 9.17) is 0 Å². The molecular weight excluding hydrogens is 491 g/mol. The number of fused-ring (bicyclic) bond motifs is 1. The van der Waals surface area contributed by atoms with Crippen molar-refractivity contribution in [2.24, 2.45) is 5.92 Å². The Morgan fingerprint density at radius 1 is 1.08 bits per heavy atom. The molecule has 2 aromatic heterocycles. The second-order valence-electron chi connectivity index (χ2n) is 8.50. The lowest BCUT2D eigenvalue weighted by Gasteiger charge is -2.51. The van der Waals surface area contributed by atoms with Gasteiger partial charge in [-0.2, -0.15) is 13.2 Å². The maximum absolute atomic E-state index is 14.8. The zero-order valence-electron chi connectivity index (χ0n) is 18.6. The first-order valence-electron chi connectivity index (χ1n) is 11.0. The van der Waals surface area contributed by atoms with E-state index in [-0.39, 0.29) is 10.4 Å². The number of Topliss-reactive ketones (excluding diaryl/α,β-unsaturated/α-hetero) is 1. The molecule has 184 valence electrons. The van der Waals surface area contributed by atoms with Crippen molar-refractivity contribution in [3.63, 3.8) is 0 Å². The number of carbonyl (C=O) groups excluding carboxylic acids is 2. The third-order valence-corrected chi connectivity index (χ3v) is 7.22. The highest BCUT2D eigenvalue weighted by atomic mass is 32.1. The molecule has 5 rings (SSSR count). The number of carbonyl (C=O) groups is 2. The maximum Gasteiger partial charge on any atom is 0.437 e. The average molecular weight is 512 g/mol. The van der Waals surface area contributed by atoms with E-state index in [1.165, 1.54) is 12.1 Å². The van der Waals surface area contributed by atoms with Gasteiger partial charge in [-0.1, -0.05) is 48.5 Å². The number of nitrogens with one attached hydrogen (secondary N) is 1. The van der Waals surface area contributed by atoms with Crippen LogP contribution in [0.4, 0.5) is 18.0 Å². The van der Waals surface area contributed by atoms with Crippen LogP contribution in [0, 0.1) is 5.92 Å². The van der Waals surface area contributed by atoms with Crippen LogP contribution < -0.4 is 5.32 Å². The average Bonchev–Trinajstić information content (AvgIpc) is 3.41. The van der Waals surface area contributed by atoms with Gasteiger partial charge in [-0.15, -0.1) is 11.3 Å². The van der Waals surface area contributed by atoms with Crippen molar-refractivity contribution in [1.82, 2.24) is 15.2 Å². The Hall–Kier alpha value is -3.76. The number of amides is 2. The quantitative estimate of drug-likeness (QED) is 0.356. The number of thiophene rings is 1. The van der Waals surface area contributed by atoms with Crippen LogP contribution in [-0.2, 0) is 6.54 Å². The summed E-state index contributed by atoms with van der Waals surface area (Å²) in [5.41, 5.74) is -2.56. The number of benzene rings is 2. The molecule has 1 aliphatic rings. The van der Waals surface area contributed by atoms with Gasteiger partial charge in [0.1, 0.15) is 5.92 Å². The minimum atomic E-state index is -5.34. The summed E-state index contributed by atoms with van der Waals surface area (Å²) in [5.74, 6) is -2.99. The summed E-state index contributed by atoms with van der Waals surface area (Å²) >= 11 is 0.973. The summed E-state index contributed by atoms with van der Waals surface area (Å²) in [5, 5.41) is 16.3. The van der Waals surface area contributed by atoms with E-state index in [0.29, 0.717) is 21.4 Å². The van der Waals surface area contributed by atoms with Crippen molar-refractivity contribution in [3.8, 4) is 0 Å². The van der Waals surface area contributed by atoms with Gasteiger partial charge in [0.25, 0.3) is 5.72 Å². The van der Waals surface area contributed by atoms with Gasteiger partial charge < -0.3 is 10.4 Å². The van der Waals surface area contributed by atoms with Crippen LogP contribution in [0.3, 0.4) is 0 Å². The number of aliphatic hydroxyl groups is 1. The Morgan fingerprint density at radius 3 is 2.56 bits per heavy atom. The number of urea groups is 1. The Balaban J connectivity index is 1.68. The lowest BCUT2D eigenvalue weighted by Crippen LogP contribution is -2.73. The molecule has 1 fully saturated rings. The largest absolute Gasteiger partial charge is 0.437 e. The lowest BCUT2D eigenvalue weighted by atomic mass is 9.77. The number of nitrogens with zero attached hydrogens (tertiary/aromatic N) is 2. The first-order chi connectivity index (χ1) is 17.2. The van der Waals surface area contributed by atoms with E-state index < -0.39 is 42.2 Å². The highest BCUT2D eigenvalue weighted by molar-refractivity contribution is 7.12. The molecule has 0 bridgehead atoms. The van der Waals surface area contributed by atoms with E-state index in [0.717, 1.165) is 11.3 Å². The van der Waals surface area contributed by atoms with Crippen molar-refractivity contribution in [1.29, 1.82) is 0 Å². The molecule has 2 amide bonds. The fraction of sp³-hybridized carbons (Fsp3) is 0.192. The molecule has 2 aromatic carbocycles. The van der Waals surface area contributed by atoms with Crippen LogP contribution in [0.1, 0.15) is 26.8 Å². The zero-order chi connectivity index (χ0) is 25.5. The first kappa shape index (κ1) is 24.0. The standard InChI is InChI=1S/C26H20F3N3O3S/c27-26(28,29)25(35)21(23(33)20-9-5-13-36-20)22(18-10-11-19-17(14-18)8-4-12-30-19)31-24(34)32(25)15-16-6-2-1-3-7-16/h1-14,21-22,35H,15H2,(H,31,34). The van der Waals surface area contributed by atoms with Gasteiger partial charge in [-0.25, -0.2) is 4.79 Å². The lowest BCUT2D eigenvalue weighted by molar-refractivity contribution is -0.328. The number of hydrogen-bond donors (Lipinski definition) is 2. The minimum Gasteiger partial charge on any atom is -0.363 e. The first-order valence-corrected chi connectivity index (χ1v) is 11.9. The van der Waals surface area contributed by atoms with Gasteiger partial charge >= 0.3 is 12.2 Å². The van der Waals surface area contributed by atoms with Gasteiger partial charge in [0, 0.05) is 11.6 Å². The molecule has 0 radical (unpaired) electrons. The number of ketones is 1. The number of hydrogen-bond acceptors (Lipinski definition) is 5. The molecule has 36 heavy (non-hydrogen) atoms. The summed E-state index contributed by atoms with van der Waals surface area (Å²) in [4.78, 5) is 31.4. The molecule has 3 unspecified atom stereocenters. The SMILES string of the molecule is O=C(c1cccs1)C1C(c2ccc3ncccc3c2)NC(=O)N(Cc2ccccc2)C1(O)C(F)(F)F. The van der Waals surface area contributed by atoms with Crippen LogP contribution in [0.2, 0.25) is 0 Å². The Labute approximate surface area is 208 Å². The van der Waals surface area contributed by atoms with Crippen LogP contribution >= 0.6 is 11.3 Å².